The number of amides is 1. The first-order valence-corrected chi connectivity index (χ1v) is 12.3. The third-order valence-electron chi connectivity index (χ3n) is 5.94. The third kappa shape index (κ3) is 4.72. The molecule has 6 nitrogen and oxygen atoms in total. The maximum Gasteiger partial charge on any atom is 0.418 e. The molecule has 2 N–H and O–H groups in total. The number of halogens is 3. The molecule has 2 aromatic heterocycles. The zero-order valence-corrected chi connectivity index (χ0v) is 20.6. The number of aromatic amines is 1. The van der Waals surface area contributed by atoms with Crippen molar-refractivity contribution in [2.24, 2.45) is 0 Å². The Bertz CT molecular complexity index is 1720. The molecule has 0 atom stereocenters. The molecule has 0 saturated heterocycles. The highest BCUT2D eigenvalue weighted by atomic mass is 32.2. The van der Waals surface area contributed by atoms with Crippen molar-refractivity contribution >= 4 is 45.3 Å². The Balaban J connectivity index is 1.57. The van der Waals surface area contributed by atoms with Crippen LogP contribution in [0.2, 0.25) is 0 Å². The first kappa shape index (κ1) is 24.6. The van der Waals surface area contributed by atoms with E-state index in [1.165, 1.54) is 22.8 Å². The van der Waals surface area contributed by atoms with E-state index in [4.69, 9.17) is 4.98 Å². The molecular formula is C27H21F3N4O2S. The van der Waals surface area contributed by atoms with E-state index in [-0.39, 0.29) is 22.2 Å². The summed E-state index contributed by atoms with van der Waals surface area (Å²) < 4.78 is 41.5. The lowest BCUT2D eigenvalue weighted by molar-refractivity contribution is -0.137. The number of nitrogens with zero attached hydrogens (tertiary/aromatic N) is 2. The molecule has 1 amide bonds. The van der Waals surface area contributed by atoms with Crippen LogP contribution in [0.3, 0.4) is 0 Å². The Morgan fingerprint density at radius 3 is 2.57 bits per heavy atom. The lowest BCUT2D eigenvalue weighted by atomic mass is 10.1. The Morgan fingerprint density at radius 2 is 1.78 bits per heavy atom. The summed E-state index contributed by atoms with van der Waals surface area (Å²) in [7, 11) is 0. The van der Waals surface area contributed by atoms with Gasteiger partial charge < -0.3 is 10.3 Å². The number of hydrogen-bond acceptors (Lipinski definition) is 4. The fraction of sp³-hybridized carbons (Fsp3) is 0.148. The van der Waals surface area contributed by atoms with Crippen molar-refractivity contribution in [3.05, 3.63) is 93.8 Å². The summed E-state index contributed by atoms with van der Waals surface area (Å²) >= 11 is 0.983. The molecule has 5 rings (SSSR count). The van der Waals surface area contributed by atoms with E-state index in [0.717, 1.165) is 39.9 Å². The van der Waals surface area contributed by atoms with Crippen LogP contribution in [0, 0.1) is 13.8 Å². The molecule has 0 unspecified atom stereocenters. The molecule has 0 spiro atoms. The van der Waals surface area contributed by atoms with Crippen molar-refractivity contribution < 1.29 is 18.0 Å². The maximum absolute atomic E-state index is 13.7. The van der Waals surface area contributed by atoms with Gasteiger partial charge in [0.2, 0.25) is 5.91 Å². The monoisotopic (exact) mass is 522 g/mol. The van der Waals surface area contributed by atoms with Crippen LogP contribution in [0.4, 0.5) is 18.9 Å². The average Bonchev–Trinajstić information content (AvgIpc) is 3.23. The molecule has 37 heavy (non-hydrogen) atoms. The van der Waals surface area contributed by atoms with E-state index < -0.39 is 17.6 Å². The first-order chi connectivity index (χ1) is 17.6. The molecular weight excluding hydrogens is 501 g/mol. The lowest BCUT2D eigenvalue weighted by Gasteiger charge is -2.16. The van der Waals surface area contributed by atoms with Gasteiger partial charge in [0, 0.05) is 10.9 Å². The molecule has 0 bridgehead atoms. The van der Waals surface area contributed by atoms with Gasteiger partial charge in [0.1, 0.15) is 11.0 Å². The number of fused-ring (bicyclic) bond motifs is 3. The molecule has 0 fully saturated rings. The molecule has 5 aromatic rings. The van der Waals surface area contributed by atoms with Crippen molar-refractivity contribution in [1.82, 2.24) is 14.5 Å². The number of carbonyl (C=O) groups excluding carboxylic acids is 1. The van der Waals surface area contributed by atoms with Crippen molar-refractivity contribution in [2.75, 3.05) is 11.1 Å². The van der Waals surface area contributed by atoms with E-state index in [2.05, 4.69) is 10.3 Å². The van der Waals surface area contributed by atoms with E-state index in [1.54, 1.807) is 0 Å². The number of benzene rings is 3. The summed E-state index contributed by atoms with van der Waals surface area (Å²) in [4.78, 5) is 34.3. The van der Waals surface area contributed by atoms with Crippen LogP contribution < -0.4 is 10.9 Å². The highest BCUT2D eigenvalue weighted by molar-refractivity contribution is 7.99. The number of thioether (sulfide) groups is 1. The van der Waals surface area contributed by atoms with Crippen molar-refractivity contribution in [3.8, 4) is 5.69 Å². The van der Waals surface area contributed by atoms with Crippen LogP contribution in [-0.4, -0.2) is 26.2 Å². The minimum Gasteiger partial charge on any atom is -0.349 e. The number of alkyl halides is 3. The van der Waals surface area contributed by atoms with Gasteiger partial charge in [-0.05, 0) is 49.2 Å². The number of aromatic nitrogens is 3. The van der Waals surface area contributed by atoms with E-state index in [9.17, 15) is 22.8 Å². The van der Waals surface area contributed by atoms with Gasteiger partial charge in [0.05, 0.1) is 22.7 Å². The SMILES string of the molecule is Cc1ccc(C)c(-n2c(SCC(=O)Nc3ccccc3C(F)(F)F)nc3c([nH]c4ccccc43)c2=O)c1. The van der Waals surface area contributed by atoms with Gasteiger partial charge in [-0.25, -0.2) is 4.98 Å². The van der Waals surface area contributed by atoms with Gasteiger partial charge in [-0.3, -0.25) is 14.2 Å². The summed E-state index contributed by atoms with van der Waals surface area (Å²) in [6.45, 7) is 3.77. The number of para-hydroxylation sites is 2. The maximum atomic E-state index is 13.7. The third-order valence-corrected chi connectivity index (χ3v) is 6.88. The number of anilines is 1. The standard InChI is InChI=1S/C27H21F3N4O2S/c1-15-11-12-16(2)21(13-15)34-25(36)24-23(17-7-3-5-9-19(17)32-24)33-26(34)37-14-22(35)31-20-10-6-4-8-18(20)27(28,29)30/h3-13,32H,14H2,1-2H3,(H,31,35). The summed E-state index contributed by atoms with van der Waals surface area (Å²) in [6.07, 6.45) is -4.61. The quantitative estimate of drug-likeness (QED) is 0.212. The van der Waals surface area contributed by atoms with Crippen molar-refractivity contribution in [3.63, 3.8) is 0 Å². The molecule has 0 saturated carbocycles. The molecule has 188 valence electrons. The molecule has 0 aliphatic heterocycles. The van der Waals surface area contributed by atoms with Crippen LogP contribution in [0.5, 0.6) is 0 Å². The smallest absolute Gasteiger partial charge is 0.349 e. The predicted octanol–water partition coefficient (Wildman–Crippen LogP) is 6.23. The van der Waals surface area contributed by atoms with Gasteiger partial charge in [0.25, 0.3) is 5.56 Å². The topological polar surface area (TPSA) is 79.8 Å². The molecule has 2 heterocycles. The Kier molecular flexibility index (Phi) is 6.28. The second kappa shape index (κ2) is 9.44. The summed E-state index contributed by atoms with van der Waals surface area (Å²) in [5.41, 5.74) is 2.33. The number of H-pyrrole nitrogens is 1. The zero-order valence-electron chi connectivity index (χ0n) is 19.8. The van der Waals surface area contributed by atoms with Gasteiger partial charge in [-0.2, -0.15) is 13.2 Å². The Labute approximate surface area is 213 Å². The second-order valence-corrected chi connectivity index (χ2v) is 9.54. The number of carbonyl (C=O) groups is 1. The van der Waals surface area contributed by atoms with Crippen molar-refractivity contribution in [1.29, 1.82) is 0 Å². The predicted molar refractivity (Wildman–Crippen MR) is 139 cm³/mol. The minimum atomic E-state index is -4.61. The van der Waals surface area contributed by atoms with Crippen LogP contribution in [0.15, 0.2) is 76.7 Å². The fourth-order valence-electron chi connectivity index (χ4n) is 4.17. The van der Waals surface area contributed by atoms with Crippen LogP contribution >= 0.6 is 11.8 Å². The molecule has 0 radical (unpaired) electrons. The second-order valence-electron chi connectivity index (χ2n) is 8.60. The molecule has 0 aliphatic rings. The fourth-order valence-corrected chi connectivity index (χ4v) is 4.97. The van der Waals surface area contributed by atoms with Crippen LogP contribution in [0.25, 0.3) is 27.6 Å². The van der Waals surface area contributed by atoms with Crippen LogP contribution in [-0.2, 0) is 11.0 Å². The highest BCUT2D eigenvalue weighted by Gasteiger charge is 2.33. The number of hydrogen-bond donors (Lipinski definition) is 2. The first-order valence-electron chi connectivity index (χ1n) is 11.3. The summed E-state index contributed by atoms with van der Waals surface area (Å²) in [6, 6.07) is 17.8. The largest absolute Gasteiger partial charge is 0.418 e. The summed E-state index contributed by atoms with van der Waals surface area (Å²) in [5.74, 6) is -0.903. The summed E-state index contributed by atoms with van der Waals surface area (Å²) in [5, 5.41) is 3.36. The molecule has 0 aliphatic carbocycles. The lowest BCUT2D eigenvalue weighted by Crippen LogP contribution is -2.24. The number of rotatable bonds is 5. The van der Waals surface area contributed by atoms with Crippen LogP contribution in [0.1, 0.15) is 16.7 Å². The normalized spacial score (nSPS) is 11.8. The molecule has 3 aromatic carbocycles. The average molecular weight is 523 g/mol. The van der Waals surface area contributed by atoms with E-state index in [1.807, 2.05) is 56.3 Å². The van der Waals surface area contributed by atoms with Gasteiger partial charge in [-0.1, -0.05) is 54.2 Å². The Morgan fingerprint density at radius 1 is 1.05 bits per heavy atom. The highest BCUT2D eigenvalue weighted by Crippen LogP contribution is 2.35. The van der Waals surface area contributed by atoms with Gasteiger partial charge in [0.15, 0.2) is 5.16 Å². The minimum absolute atomic E-state index is 0.253. The Hall–Kier alpha value is -4.05. The van der Waals surface area contributed by atoms with Gasteiger partial charge >= 0.3 is 6.18 Å². The zero-order chi connectivity index (χ0) is 26.3. The number of aryl methyl sites for hydroxylation is 2. The molecule has 10 heteroatoms. The van der Waals surface area contributed by atoms with E-state index in [0.29, 0.717) is 16.7 Å². The van der Waals surface area contributed by atoms with E-state index >= 15 is 0 Å². The number of nitrogens with one attached hydrogen (secondary N) is 2. The van der Waals surface area contributed by atoms with Gasteiger partial charge in [-0.15, -0.1) is 0 Å². The van der Waals surface area contributed by atoms with Crippen molar-refractivity contribution in [2.45, 2.75) is 25.2 Å².